The van der Waals surface area contributed by atoms with Gasteiger partial charge in [0.2, 0.25) is 0 Å². The summed E-state index contributed by atoms with van der Waals surface area (Å²) in [5, 5.41) is 13.5. The van der Waals surface area contributed by atoms with E-state index in [4.69, 9.17) is 0 Å². The number of hydrogen-bond acceptors (Lipinski definition) is 2. The van der Waals surface area contributed by atoms with Crippen LogP contribution in [-0.4, -0.2) is 22.3 Å². The molecule has 1 fully saturated rings. The fourth-order valence-electron chi connectivity index (χ4n) is 2.91. The van der Waals surface area contributed by atoms with E-state index in [2.05, 4.69) is 39.9 Å². The summed E-state index contributed by atoms with van der Waals surface area (Å²) in [7, 11) is 0. The maximum atomic E-state index is 9.86. The van der Waals surface area contributed by atoms with Crippen molar-refractivity contribution in [3.63, 3.8) is 0 Å². The van der Waals surface area contributed by atoms with E-state index in [1.54, 1.807) is 0 Å². The number of aliphatic hydroxyl groups is 1. The number of piperidine rings is 1. The van der Waals surface area contributed by atoms with E-state index in [1.807, 2.05) is 0 Å². The second-order valence-electron chi connectivity index (χ2n) is 5.92. The van der Waals surface area contributed by atoms with Crippen molar-refractivity contribution in [1.29, 1.82) is 0 Å². The lowest BCUT2D eigenvalue weighted by atomic mass is 9.73. The van der Waals surface area contributed by atoms with Crippen LogP contribution >= 0.6 is 0 Å². The number of nitrogens with one attached hydrogen (secondary N) is 1. The zero-order valence-corrected chi connectivity index (χ0v) is 9.93. The van der Waals surface area contributed by atoms with Crippen LogP contribution in [0.1, 0.15) is 47.0 Å². The molecular weight excluding hydrogens is 174 g/mol. The average Bonchev–Trinajstić information content (AvgIpc) is 1.97. The van der Waals surface area contributed by atoms with Gasteiger partial charge in [0.05, 0.1) is 6.10 Å². The number of hydrogen-bond donors (Lipinski definition) is 2. The molecule has 1 radical (unpaired) electrons. The summed E-state index contributed by atoms with van der Waals surface area (Å²) < 4.78 is 0. The third-order valence-electron chi connectivity index (χ3n) is 3.06. The second-order valence-corrected chi connectivity index (χ2v) is 5.92. The predicted octanol–water partition coefficient (Wildman–Crippen LogP) is 2.13. The Kier molecular flexibility index (Phi) is 3.27. The smallest absolute Gasteiger partial charge is 0.0569 e. The van der Waals surface area contributed by atoms with Gasteiger partial charge in [-0.25, -0.2) is 0 Å². The van der Waals surface area contributed by atoms with Crippen molar-refractivity contribution in [2.24, 2.45) is 5.92 Å². The molecule has 0 saturated carbocycles. The lowest BCUT2D eigenvalue weighted by molar-refractivity contribution is 0.0286. The van der Waals surface area contributed by atoms with Crippen LogP contribution in [0.3, 0.4) is 0 Å². The number of aliphatic hydroxyl groups excluding tert-OH is 1. The van der Waals surface area contributed by atoms with Crippen LogP contribution in [0.2, 0.25) is 0 Å². The van der Waals surface area contributed by atoms with Gasteiger partial charge in [-0.2, -0.15) is 0 Å². The SMILES string of the molecule is [CH2]CC(O)C1CC(C)(C)NC(C)(C)C1. The Balaban J connectivity index is 2.71. The molecule has 1 rings (SSSR count). The molecule has 2 N–H and O–H groups in total. The van der Waals surface area contributed by atoms with Crippen molar-refractivity contribution in [1.82, 2.24) is 5.32 Å². The fourth-order valence-corrected chi connectivity index (χ4v) is 2.91. The van der Waals surface area contributed by atoms with Gasteiger partial charge >= 0.3 is 0 Å². The van der Waals surface area contributed by atoms with Crippen LogP contribution in [0.15, 0.2) is 0 Å². The molecule has 1 aliphatic heterocycles. The zero-order valence-electron chi connectivity index (χ0n) is 9.93. The first kappa shape index (κ1) is 12.0. The quantitative estimate of drug-likeness (QED) is 0.712. The Morgan fingerprint density at radius 3 is 2.07 bits per heavy atom. The lowest BCUT2D eigenvalue weighted by Gasteiger charge is -2.47. The van der Waals surface area contributed by atoms with E-state index in [-0.39, 0.29) is 17.2 Å². The molecule has 83 valence electrons. The standard InChI is InChI=1S/C12H24NO/c1-6-10(14)9-7-11(2,3)13-12(4,5)8-9/h9-10,13-14H,1,6-8H2,2-5H3. The summed E-state index contributed by atoms with van der Waals surface area (Å²) >= 11 is 0. The molecule has 2 nitrogen and oxygen atoms in total. The molecule has 0 aliphatic carbocycles. The zero-order chi connectivity index (χ0) is 11.0. The molecule has 1 unspecified atom stereocenters. The van der Waals surface area contributed by atoms with Crippen molar-refractivity contribution in [2.75, 3.05) is 0 Å². The van der Waals surface area contributed by atoms with Crippen molar-refractivity contribution < 1.29 is 5.11 Å². The summed E-state index contributed by atoms with van der Waals surface area (Å²) in [6.45, 7) is 12.6. The van der Waals surface area contributed by atoms with E-state index < -0.39 is 0 Å². The monoisotopic (exact) mass is 198 g/mol. The molecule has 0 bridgehead atoms. The highest BCUT2D eigenvalue weighted by Gasteiger charge is 2.39. The third-order valence-corrected chi connectivity index (χ3v) is 3.06. The second kappa shape index (κ2) is 3.82. The Hall–Kier alpha value is -0.0800. The minimum absolute atomic E-state index is 0.128. The summed E-state index contributed by atoms with van der Waals surface area (Å²) in [5.74, 6) is 0.388. The van der Waals surface area contributed by atoms with Gasteiger partial charge in [-0.05, 0) is 52.9 Å². The van der Waals surface area contributed by atoms with Crippen molar-refractivity contribution in [2.45, 2.75) is 64.1 Å². The fraction of sp³-hybridized carbons (Fsp3) is 0.917. The topological polar surface area (TPSA) is 32.3 Å². The first-order valence-electron chi connectivity index (χ1n) is 5.52. The Morgan fingerprint density at radius 1 is 1.29 bits per heavy atom. The minimum atomic E-state index is -0.240. The van der Waals surface area contributed by atoms with E-state index in [0.29, 0.717) is 12.3 Å². The van der Waals surface area contributed by atoms with Crippen molar-refractivity contribution in [3.05, 3.63) is 6.92 Å². The highest BCUT2D eigenvalue weighted by Crippen LogP contribution is 2.35. The highest BCUT2D eigenvalue weighted by molar-refractivity contribution is 4.98. The Morgan fingerprint density at radius 2 is 1.71 bits per heavy atom. The van der Waals surface area contributed by atoms with Gasteiger partial charge in [-0.15, -0.1) is 0 Å². The molecule has 14 heavy (non-hydrogen) atoms. The molecule has 0 amide bonds. The molecule has 0 aromatic rings. The summed E-state index contributed by atoms with van der Waals surface area (Å²) in [4.78, 5) is 0. The highest BCUT2D eigenvalue weighted by atomic mass is 16.3. The summed E-state index contributed by atoms with van der Waals surface area (Å²) in [6, 6.07) is 0. The van der Waals surface area contributed by atoms with Gasteiger partial charge in [0.15, 0.2) is 0 Å². The van der Waals surface area contributed by atoms with Gasteiger partial charge < -0.3 is 10.4 Å². The Labute approximate surface area is 88.1 Å². The van der Waals surface area contributed by atoms with E-state index >= 15 is 0 Å². The maximum absolute atomic E-state index is 9.86. The molecule has 1 atom stereocenters. The molecule has 1 aliphatic rings. The average molecular weight is 198 g/mol. The van der Waals surface area contributed by atoms with Crippen molar-refractivity contribution >= 4 is 0 Å². The van der Waals surface area contributed by atoms with E-state index in [0.717, 1.165) is 12.8 Å². The summed E-state index contributed by atoms with van der Waals surface area (Å²) in [5.41, 5.74) is 0.255. The summed E-state index contributed by atoms with van der Waals surface area (Å²) in [6.07, 6.45) is 2.45. The van der Waals surface area contributed by atoms with Gasteiger partial charge in [-0.1, -0.05) is 6.92 Å². The molecule has 2 heteroatoms. The molecule has 0 aromatic carbocycles. The van der Waals surface area contributed by atoms with Crippen molar-refractivity contribution in [3.8, 4) is 0 Å². The first-order valence-corrected chi connectivity index (χ1v) is 5.52. The maximum Gasteiger partial charge on any atom is 0.0569 e. The predicted molar refractivity (Wildman–Crippen MR) is 60.0 cm³/mol. The van der Waals surface area contributed by atoms with Gasteiger partial charge in [0.1, 0.15) is 0 Å². The van der Waals surface area contributed by atoms with E-state index in [9.17, 15) is 5.11 Å². The lowest BCUT2D eigenvalue weighted by Crippen LogP contribution is -2.59. The van der Waals surface area contributed by atoms with Crippen LogP contribution in [0.25, 0.3) is 0 Å². The van der Waals surface area contributed by atoms with Crippen LogP contribution < -0.4 is 5.32 Å². The largest absolute Gasteiger partial charge is 0.393 e. The molecular formula is C12H24NO. The van der Waals surface area contributed by atoms with Gasteiger partial charge in [0, 0.05) is 11.1 Å². The van der Waals surface area contributed by atoms with Crippen LogP contribution in [0.4, 0.5) is 0 Å². The van der Waals surface area contributed by atoms with Gasteiger partial charge in [-0.3, -0.25) is 0 Å². The normalized spacial score (nSPS) is 28.7. The molecule has 1 saturated heterocycles. The number of rotatable bonds is 2. The van der Waals surface area contributed by atoms with E-state index in [1.165, 1.54) is 0 Å². The Bertz CT molecular complexity index is 182. The van der Waals surface area contributed by atoms with Crippen LogP contribution in [0.5, 0.6) is 0 Å². The molecule has 1 heterocycles. The third kappa shape index (κ3) is 2.96. The molecule has 0 spiro atoms. The molecule has 0 aromatic heterocycles. The minimum Gasteiger partial charge on any atom is -0.393 e. The van der Waals surface area contributed by atoms with Gasteiger partial charge in [0.25, 0.3) is 0 Å². The van der Waals surface area contributed by atoms with Crippen LogP contribution in [0, 0.1) is 12.8 Å². The van der Waals surface area contributed by atoms with Crippen LogP contribution in [-0.2, 0) is 0 Å². The first-order chi connectivity index (χ1) is 6.26.